The fourth-order valence-corrected chi connectivity index (χ4v) is 3.14. The van der Waals surface area contributed by atoms with Crippen LogP contribution in [0.2, 0.25) is 0 Å². The minimum atomic E-state index is -0.129. The lowest BCUT2D eigenvalue weighted by Gasteiger charge is -2.38. The van der Waals surface area contributed by atoms with Crippen molar-refractivity contribution in [1.82, 2.24) is 5.43 Å². The third-order valence-electron chi connectivity index (χ3n) is 4.43. The van der Waals surface area contributed by atoms with Crippen LogP contribution in [0, 0.1) is 0 Å². The highest BCUT2D eigenvalue weighted by atomic mass is 16.2. The molecule has 1 fully saturated rings. The average Bonchev–Trinajstić information content (AvgIpc) is 3.39. The molecule has 2 amide bonds. The largest absolute Gasteiger partial charge is 0.365 e. The van der Waals surface area contributed by atoms with Gasteiger partial charge in [0.1, 0.15) is 5.71 Å². The first kappa shape index (κ1) is 13.3. The zero-order valence-electron chi connectivity index (χ0n) is 12.3. The van der Waals surface area contributed by atoms with Gasteiger partial charge in [-0.15, -0.1) is 0 Å². The molecule has 1 aromatic rings. The molecule has 1 aliphatic carbocycles. The van der Waals surface area contributed by atoms with E-state index in [0.717, 1.165) is 17.9 Å². The topological polar surface area (TPSA) is 65.0 Å². The van der Waals surface area contributed by atoms with Crippen molar-refractivity contribution in [3.05, 3.63) is 24.3 Å². The molecule has 1 aromatic carbocycles. The Morgan fingerprint density at radius 3 is 2.59 bits per heavy atom. The zero-order valence-corrected chi connectivity index (χ0v) is 12.3. The first-order chi connectivity index (χ1) is 10.7. The van der Waals surface area contributed by atoms with E-state index < -0.39 is 0 Å². The first-order valence-electron chi connectivity index (χ1n) is 7.77. The number of benzene rings is 1. The lowest BCUT2D eigenvalue weighted by molar-refractivity contribution is -0.121. The molecule has 3 aliphatic rings. The van der Waals surface area contributed by atoms with Gasteiger partial charge in [-0.2, -0.15) is 5.10 Å². The van der Waals surface area contributed by atoms with Crippen LogP contribution in [0.4, 0.5) is 11.4 Å². The summed E-state index contributed by atoms with van der Waals surface area (Å²) in [6, 6.07) is 8.67. The summed E-state index contributed by atoms with van der Waals surface area (Å²) in [5.74, 6) is -0.224. The molecule has 2 heterocycles. The van der Waals surface area contributed by atoms with E-state index in [1.807, 2.05) is 18.2 Å². The number of nitrogens with zero attached hydrogens (tertiary/aromatic N) is 3. The van der Waals surface area contributed by atoms with Crippen molar-refractivity contribution in [3.8, 4) is 0 Å². The maximum absolute atomic E-state index is 12.7. The van der Waals surface area contributed by atoms with Gasteiger partial charge in [-0.1, -0.05) is 12.1 Å². The number of fused-ring (bicyclic) bond motifs is 1. The maximum Gasteiger partial charge on any atom is 0.274 e. The van der Waals surface area contributed by atoms with Gasteiger partial charge < -0.3 is 9.80 Å². The summed E-state index contributed by atoms with van der Waals surface area (Å²) in [6.45, 7) is 1.52. The molecule has 6 nitrogen and oxygen atoms in total. The second kappa shape index (κ2) is 5.12. The minimum Gasteiger partial charge on any atom is -0.365 e. The van der Waals surface area contributed by atoms with Crippen LogP contribution in [0.1, 0.15) is 25.7 Å². The number of rotatable bonds is 2. The van der Waals surface area contributed by atoms with E-state index in [4.69, 9.17) is 0 Å². The minimum absolute atomic E-state index is 0.0945. The number of nitrogens with one attached hydrogen (secondary N) is 1. The summed E-state index contributed by atoms with van der Waals surface area (Å²) < 4.78 is 0. The molecule has 0 radical (unpaired) electrons. The summed E-state index contributed by atoms with van der Waals surface area (Å²) in [5.41, 5.74) is 4.92. The van der Waals surface area contributed by atoms with E-state index in [1.165, 1.54) is 12.8 Å². The molecule has 2 aliphatic heterocycles. The molecular formula is C16H18N4O2. The van der Waals surface area contributed by atoms with Crippen molar-refractivity contribution in [2.75, 3.05) is 22.9 Å². The number of para-hydroxylation sites is 2. The van der Waals surface area contributed by atoms with E-state index in [9.17, 15) is 9.59 Å². The number of carbonyl (C=O) groups excluding carboxylic acids is 2. The number of amides is 2. The second-order valence-corrected chi connectivity index (χ2v) is 5.96. The molecule has 114 valence electrons. The Morgan fingerprint density at radius 1 is 1.14 bits per heavy atom. The summed E-state index contributed by atoms with van der Waals surface area (Å²) >= 11 is 0. The van der Waals surface area contributed by atoms with Crippen LogP contribution >= 0.6 is 0 Å². The molecule has 0 atom stereocenters. The Balaban J connectivity index is 1.63. The van der Waals surface area contributed by atoms with Gasteiger partial charge in [-0.05, 0) is 25.0 Å². The van der Waals surface area contributed by atoms with Crippen molar-refractivity contribution in [2.45, 2.75) is 31.7 Å². The normalized spacial score (nSPS) is 21.1. The quantitative estimate of drug-likeness (QED) is 0.894. The van der Waals surface area contributed by atoms with E-state index in [1.54, 1.807) is 4.90 Å². The number of hydrazone groups is 1. The molecular weight excluding hydrogens is 280 g/mol. The zero-order chi connectivity index (χ0) is 15.1. The molecule has 4 rings (SSSR count). The molecule has 0 unspecified atom stereocenters. The number of hydrogen-bond donors (Lipinski definition) is 1. The molecule has 6 heteroatoms. The number of anilines is 2. The average molecular weight is 298 g/mol. The van der Waals surface area contributed by atoms with E-state index in [2.05, 4.69) is 21.5 Å². The maximum atomic E-state index is 12.7. The van der Waals surface area contributed by atoms with Crippen LogP contribution in [0.25, 0.3) is 0 Å². The highest BCUT2D eigenvalue weighted by molar-refractivity contribution is 6.44. The Morgan fingerprint density at radius 2 is 1.91 bits per heavy atom. The highest BCUT2D eigenvalue weighted by Crippen LogP contribution is 2.39. The van der Waals surface area contributed by atoms with Crippen molar-refractivity contribution >= 4 is 28.9 Å². The molecule has 1 saturated carbocycles. The Labute approximate surface area is 128 Å². The predicted molar refractivity (Wildman–Crippen MR) is 84.0 cm³/mol. The van der Waals surface area contributed by atoms with Crippen molar-refractivity contribution < 1.29 is 9.59 Å². The summed E-state index contributed by atoms with van der Waals surface area (Å²) in [6.07, 6.45) is 3.21. The Hall–Kier alpha value is -2.37. The molecule has 0 bridgehead atoms. The number of carbonyl (C=O) groups is 2. The van der Waals surface area contributed by atoms with Crippen molar-refractivity contribution in [2.24, 2.45) is 5.10 Å². The molecule has 0 spiro atoms. The third-order valence-corrected chi connectivity index (χ3v) is 4.43. The van der Waals surface area contributed by atoms with Crippen molar-refractivity contribution in [3.63, 3.8) is 0 Å². The smallest absolute Gasteiger partial charge is 0.274 e. The highest BCUT2D eigenvalue weighted by Gasteiger charge is 2.36. The van der Waals surface area contributed by atoms with Crippen molar-refractivity contribution in [1.29, 1.82) is 0 Å². The lowest BCUT2D eigenvalue weighted by Crippen LogP contribution is -2.48. The van der Waals surface area contributed by atoms with E-state index in [-0.39, 0.29) is 11.8 Å². The van der Waals surface area contributed by atoms with Crippen LogP contribution in [-0.4, -0.2) is 36.7 Å². The lowest BCUT2D eigenvalue weighted by atomic mass is 10.1. The second-order valence-electron chi connectivity index (χ2n) is 5.96. The fraction of sp³-hybridized carbons (Fsp3) is 0.438. The van der Waals surface area contributed by atoms with Gasteiger partial charge in [-0.3, -0.25) is 9.59 Å². The Bertz CT molecular complexity index is 666. The van der Waals surface area contributed by atoms with E-state index >= 15 is 0 Å². The first-order valence-corrected chi connectivity index (χ1v) is 7.77. The van der Waals surface area contributed by atoms with Crippen LogP contribution in [0.3, 0.4) is 0 Å². The van der Waals surface area contributed by atoms with Gasteiger partial charge in [0, 0.05) is 32.0 Å². The summed E-state index contributed by atoms with van der Waals surface area (Å²) in [7, 11) is 0. The molecule has 22 heavy (non-hydrogen) atoms. The standard InChI is InChI=1S/C16H18N4O2/c21-15-8-7-12(17-18-15)16(22)20-10-9-19(11-5-6-11)13-3-1-2-4-14(13)20/h1-4,11H,5-10H2,(H,18,21). The Kier molecular flexibility index (Phi) is 3.10. The number of hydrogen-bond acceptors (Lipinski definition) is 4. The van der Waals surface area contributed by atoms with Gasteiger partial charge in [0.05, 0.1) is 11.4 Å². The van der Waals surface area contributed by atoms with Gasteiger partial charge in [0.2, 0.25) is 5.91 Å². The van der Waals surface area contributed by atoms with Crippen LogP contribution in [0.15, 0.2) is 29.4 Å². The fourth-order valence-electron chi connectivity index (χ4n) is 3.14. The van der Waals surface area contributed by atoms with Gasteiger partial charge in [0.15, 0.2) is 0 Å². The summed E-state index contributed by atoms with van der Waals surface area (Å²) in [4.78, 5) is 28.1. The van der Waals surface area contributed by atoms with Gasteiger partial charge >= 0.3 is 0 Å². The van der Waals surface area contributed by atoms with Crippen LogP contribution in [0.5, 0.6) is 0 Å². The molecule has 1 N–H and O–H groups in total. The third kappa shape index (κ3) is 2.24. The predicted octanol–water partition coefficient (Wildman–Crippen LogP) is 1.27. The van der Waals surface area contributed by atoms with Gasteiger partial charge in [0.25, 0.3) is 5.91 Å². The summed E-state index contributed by atoms with van der Waals surface area (Å²) in [5, 5.41) is 3.94. The van der Waals surface area contributed by atoms with E-state index in [0.29, 0.717) is 31.1 Å². The van der Waals surface area contributed by atoms with Crippen LogP contribution in [-0.2, 0) is 9.59 Å². The molecule has 0 aromatic heterocycles. The molecule has 0 saturated heterocycles. The van der Waals surface area contributed by atoms with Gasteiger partial charge in [-0.25, -0.2) is 5.43 Å². The SMILES string of the molecule is O=C1CCC(C(=O)N2CCN(C3CC3)c3ccccc32)=NN1. The van der Waals surface area contributed by atoms with Crippen LogP contribution < -0.4 is 15.2 Å². The monoisotopic (exact) mass is 298 g/mol.